The van der Waals surface area contributed by atoms with Gasteiger partial charge in [-0.15, -0.1) is 0 Å². The number of hydrogen-bond donors (Lipinski definition) is 2. The Morgan fingerprint density at radius 2 is 2.10 bits per heavy atom. The lowest BCUT2D eigenvalue weighted by Gasteiger charge is -2.10. The van der Waals surface area contributed by atoms with E-state index in [4.69, 9.17) is 22.1 Å². The van der Waals surface area contributed by atoms with Crippen molar-refractivity contribution in [2.45, 2.75) is 20.3 Å². The monoisotopic (exact) mass is 293 g/mol. The van der Waals surface area contributed by atoms with Gasteiger partial charge in [-0.2, -0.15) is 15.0 Å². The van der Waals surface area contributed by atoms with E-state index in [1.165, 1.54) is 0 Å². The highest BCUT2D eigenvalue weighted by atomic mass is 35.5. The fourth-order valence-electron chi connectivity index (χ4n) is 1.55. The predicted molar refractivity (Wildman–Crippen MR) is 79.5 cm³/mol. The summed E-state index contributed by atoms with van der Waals surface area (Å²) >= 11 is 6.07. The summed E-state index contributed by atoms with van der Waals surface area (Å²) < 4.78 is 5.36. The van der Waals surface area contributed by atoms with Crippen LogP contribution in [-0.2, 0) is 0 Å². The fraction of sp³-hybridized carbons (Fsp3) is 0.308. The van der Waals surface area contributed by atoms with Crippen molar-refractivity contribution in [1.82, 2.24) is 15.0 Å². The molecule has 106 valence electrons. The van der Waals surface area contributed by atoms with E-state index in [0.717, 1.165) is 17.7 Å². The van der Waals surface area contributed by atoms with Gasteiger partial charge in [-0.1, -0.05) is 24.6 Å². The standard InChI is InChI=1S/C13H16ClN5O/c1-3-7-20-13-18-11(15)17-12(19-13)16-10-6-4-5-9(14)8(10)2/h4-6H,3,7H2,1-2H3,(H3,15,16,17,18,19). The quantitative estimate of drug-likeness (QED) is 0.881. The van der Waals surface area contributed by atoms with Crippen molar-refractivity contribution in [2.24, 2.45) is 0 Å². The predicted octanol–water partition coefficient (Wildman–Crippen LogP) is 2.95. The lowest BCUT2D eigenvalue weighted by Crippen LogP contribution is -2.07. The highest BCUT2D eigenvalue weighted by Gasteiger charge is 2.08. The van der Waals surface area contributed by atoms with E-state index in [2.05, 4.69) is 20.3 Å². The van der Waals surface area contributed by atoms with Crippen molar-refractivity contribution in [3.8, 4) is 6.01 Å². The first kappa shape index (κ1) is 14.3. The molecule has 20 heavy (non-hydrogen) atoms. The number of aromatic nitrogens is 3. The Bertz CT molecular complexity index is 605. The average Bonchev–Trinajstić information content (AvgIpc) is 2.41. The normalized spacial score (nSPS) is 10.3. The molecule has 1 heterocycles. The van der Waals surface area contributed by atoms with Gasteiger partial charge in [-0.25, -0.2) is 0 Å². The highest BCUT2D eigenvalue weighted by Crippen LogP contribution is 2.25. The number of rotatable bonds is 5. The van der Waals surface area contributed by atoms with E-state index in [1.807, 2.05) is 32.0 Å². The van der Waals surface area contributed by atoms with Gasteiger partial charge in [0.25, 0.3) is 0 Å². The lowest BCUT2D eigenvalue weighted by atomic mass is 10.2. The number of nitrogen functional groups attached to an aromatic ring is 1. The van der Waals surface area contributed by atoms with Gasteiger partial charge in [0.15, 0.2) is 0 Å². The van der Waals surface area contributed by atoms with Crippen molar-refractivity contribution in [3.63, 3.8) is 0 Å². The maximum Gasteiger partial charge on any atom is 0.323 e. The van der Waals surface area contributed by atoms with E-state index < -0.39 is 0 Å². The van der Waals surface area contributed by atoms with Gasteiger partial charge in [-0.05, 0) is 31.0 Å². The van der Waals surface area contributed by atoms with Crippen LogP contribution in [0, 0.1) is 6.92 Å². The lowest BCUT2D eigenvalue weighted by molar-refractivity contribution is 0.292. The Morgan fingerprint density at radius 3 is 2.85 bits per heavy atom. The smallest absolute Gasteiger partial charge is 0.323 e. The summed E-state index contributed by atoms with van der Waals surface area (Å²) in [6, 6.07) is 5.76. The van der Waals surface area contributed by atoms with E-state index in [0.29, 0.717) is 17.6 Å². The highest BCUT2D eigenvalue weighted by molar-refractivity contribution is 6.31. The molecule has 0 bridgehead atoms. The third-order valence-corrected chi connectivity index (χ3v) is 2.99. The summed E-state index contributed by atoms with van der Waals surface area (Å²) in [7, 11) is 0. The van der Waals surface area contributed by atoms with Crippen molar-refractivity contribution in [2.75, 3.05) is 17.7 Å². The number of ether oxygens (including phenoxy) is 1. The summed E-state index contributed by atoms with van der Waals surface area (Å²) in [4.78, 5) is 12.1. The Kier molecular flexibility index (Phi) is 4.57. The topological polar surface area (TPSA) is 86.0 Å². The van der Waals surface area contributed by atoms with Gasteiger partial charge < -0.3 is 15.8 Å². The molecule has 0 fully saturated rings. The number of nitrogens with two attached hydrogens (primary N) is 1. The minimum atomic E-state index is 0.105. The third kappa shape index (κ3) is 3.48. The first-order valence-corrected chi connectivity index (χ1v) is 6.64. The second kappa shape index (κ2) is 6.38. The van der Waals surface area contributed by atoms with Crippen LogP contribution >= 0.6 is 11.6 Å². The van der Waals surface area contributed by atoms with Gasteiger partial charge in [0.1, 0.15) is 0 Å². The molecule has 3 N–H and O–H groups in total. The first-order valence-electron chi connectivity index (χ1n) is 6.26. The van der Waals surface area contributed by atoms with Crippen LogP contribution in [0.25, 0.3) is 0 Å². The van der Waals surface area contributed by atoms with Gasteiger partial charge in [0.05, 0.1) is 6.61 Å². The number of hydrogen-bond acceptors (Lipinski definition) is 6. The Balaban J connectivity index is 2.24. The summed E-state index contributed by atoms with van der Waals surface area (Å²) in [5.74, 6) is 0.433. The van der Waals surface area contributed by atoms with Crippen LogP contribution in [0.2, 0.25) is 5.02 Å². The molecule has 0 unspecified atom stereocenters. The molecule has 0 aliphatic rings. The Morgan fingerprint density at radius 1 is 1.30 bits per heavy atom. The van der Waals surface area contributed by atoms with E-state index in [9.17, 15) is 0 Å². The number of nitrogens with zero attached hydrogens (tertiary/aromatic N) is 3. The van der Waals surface area contributed by atoms with E-state index >= 15 is 0 Å². The molecule has 7 heteroatoms. The average molecular weight is 294 g/mol. The van der Waals surface area contributed by atoms with E-state index in [-0.39, 0.29) is 12.0 Å². The van der Waals surface area contributed by atoms with Gasteiger partial charge in [0.2, 0.25) is 11.9 Å². The molecule has 0 spiro atoms. The molecule has 0 amide bonds. The summed E-state index contributed by atoms with van der Waals surface area (Å²) in [6.07, 6.45) is 0.863. The Labute approximate surface area is 122 Å². The maximum absolute atomic E-state index is 6.07. The first-order chi connectivity index (χ1) is 9.60. The molecular weight excluding hydrogens is 278 g/mol. The largest absolute Gasteiger partial charge is 0.463 e. The molecule has 0 aliphatic carbocycles. The minimum absolute atomic E-state index is 0.105. The Hall–Kier alpha value is -2.08. The summed E-state index contributed by atoms with van der Waals surface area (Å²) in [6.45, 7) is 4.43. The van der Waals surface area contributed by atoms with Crippen LogP contribution in [0.3, 0.4) is 0 Å². The number of halogens is 1. The molecule has 1 aromatic carbocycles. The van der Waals surface area contributed by atoms with Crippen LogP contribution in [0.1, 0.15) is 18.9 Å². The van der Waals surface area contributed by atoms with Gasteiger partial charge in [-0.3, -0.25) is 0 Å². The molecule has 0 atom stereocenters. The molecule has 2 aromatic rings. The number of nitrogens with one attached hydrogen (secondary N) is 1. The van der Waals surface area contributed by atoms with Crippen LogP contribution in [0.5, 0.6) is 6.01 Å². The zero-order chi connectivity index (χ0) is 14.5. The van der Waals surface area contributed by atoms with Crippen LogP contribution in [-0.4, -0.2) is 21.6 Å². The number of anilines is 3. The number of benzene rings is 1. The molecule has 0 radical (unpaired) electrons. The van der Waals surface area contributed by atoms with Crippen molar-refractivity contribution in [1.29, 1.82) is 0 Å². The molecule has 2 rings (SSSR count). The molecular formula is C13H16ClN5O. The van der Waals surface area contributed by atoms with E-state index in [1.54, 1.807) is 0 Å². The van der Waals surface area contributed by atoms with Crippen LogP contribution in [0.15, 0.2) is 18.2 Å². The molecule has 6 nitrogen and oxygen atoms in total. The molecule has 0 saturated carbocycles. The zero-order valence-electron chi connectivity index (χ0n) is 11.4. The zero-order valence-corrected chi connectivity index (χ0v) is 12.1. The van der Waals surface area contributed by atoms with Gasteiger partial charge >= 0.3 is 6.01 Å². The third-order valence-electron chi connectivity index (χ3n) is 2.58. The molecule has 0 aliphatic heterocycles. The minimum Gasteiger partial charge on any atom is -0.463 e. The molecule has 1 aromatic heterocycles. The SMILES string of the molecule is CCCOc1nc(N)nc(Nc2cccc(Cl)c2C)n1. The van der Waals surface area contributed by atoms with Crippen molar-refractivity contribution in [3.05, 3.63) is 28.8 Å². The van der Waals surface area contributed by atoms with Gasteiger partial charge in [0, 0.05) is 10.7 Å². The van der Waals surface area contributed by atoms with Crippen molar-refractivity contribution < 1.29 is 4.74 Å². The fourth-order valence-corrected chi connectivity index (χ4v) is 1.72. The second-order valence-electron chi connectivity index (χ2n) is 4.19. The van der Waals surface area contributed by atoms with Crippen LogP contribution in [0.4, 0.5) is 17.6 Å². The van der Waals surface area contributed by atoms with Crippen molar-refractivity contribution >= 4 is 29.2 Å². The molecule has 0 saturated heterocycles. The second-order valence-corrected chi connectivity index (χ2v) is 4.59. The summed E-state index contributed by atoms with van der Waals surface area (Å²) in [5, 5.41) is 3.73. The van der Waals surface area contributed by atoms with Crippen LogP contribution < -0.4 is 15.8 Å². The summed E-state index contributed by atoms with van der Waals surface area (Å²) in [5.41, 5.74) is 7.36. The maximum atomic E-state index is 6.07.